The third-order valence-corrected chi connectivity index (χ3v) is 6.51. The summed E-state index contributed by atoms with van der Waals surface area (Å²) in [5, 5.41) is 0. The smallest absolute Gasteiger partial charge is 0.231 e. The Morgan fingerprint density at radius 2 is 1.84 bits per heavy atom. The molecule has 0 spiro atoms. The van der Waals surface area contributed by atoms with Crippen molar-refractivity contribution in [2.24, 2.45) is 0 Å². The Kier molecular flexibility index (Phi) is 4.93. The van der Waals surface area contributed by atoms with Crippen LogP contribution in [0.4, 0.5) is 0 Å². The first-order chi connectivity index (χ1) is 15.1. The lowest BCUT2D eigenvalue weighted by Gasteiger charge is -2.17. The van der Waals surface area contributed by atoms with Crippen molar-refractivity contribution in [1.82, 2.24) is 0 Å². The van der Waals surface area contributed by atoms with E-state index in [1.807, 2.05) is 30.3 Å². The molecule has 5 rings (SSSR count). The second-order valence-corrected chi connectivity index (χ2v) is 8.33. The lowest BCUT2D eigenvalue weighted by molar-refractivity contribution is -0.120. The maximum atomic E-state index is 13.4. The number of hydrogen-bond acceptors (Lipinski definition) is 4. The van der Waals surface area contributed by atoms with Gasteiger partial charge in [0.1, 0.15) is 11.5 Å². The van der Waals surface area contributed by atoms with Gasteiger partial charge in [0.15, 0.2) is 11.5 Å². The molecule has 3 aromatic rings. The van der Waals surface area contributed by atoms with Crippen molar-refractivity contribution in [1.29, 1.82) is 0 Å². The predicted octanol–water partition coefficient (Wildman–Crippen LogP) is 5.50. The Bertz CT molecular complexity index is 1140. The summed E-state index contributed by atoms with van der Waals surface area (Å²) in [5.74, 6) is 2.60. The SMILES string of the molecule is CCc1ccc(CC(=O)C2(c3ccc4c(c3)OCO4)CC2)cc1-c1cccc(OC)c1. The topological polar surface area (TPSA) is 44.8 Å². The van der Waals surface area contributed by atoms with Gasteiger partial charge < -0.3 is 14.2 Å². The van der Waals surface area contributed by atoms with E-state index in [9.17, 15) is 4.79 Å². The number of benzene rings is 3. The molecule has 1 aliphatic heterocycles. The van der Waals surface area contributed by atoms with Gasteiger partial charge in [-0.1, -0.05) is 43.3 Å². The molecule has 3 aromatic carbocycles. The molecule has 0 aromatic heterocycles. The number of aryl methyl sites for hydroxylation is 1. The fourth-order valence-corrected chi connectivity index (χ4v) is 4.50. The van der Waals surface area contributed by atoms with Crippen molar-refractivity contribution in [3.63, 3.8) is 0 Å². The van der Waals surface area contributed by atoms with Gasteiger partial charge in [0.2, 0.25) is 6.79 Å². The van der Waals surface area contributed by atoms with Gasteiger partial charge >= 0.3 is 0 Å². The molecule has 4 nitrogen and oxygen atoms in total. The van der Waals surface area contributed by atoms with Crippen LogP contribution in [-0.2, 0) is 23.1 Å². The second kappa shape index (κ2) is 7.77. The molecule has 4 heteroatoms. The quantitative estimate of drug-likeness (QED) is 0.512. The van der Waals surface area contributed by atoms with E-state index >= 15 is 0 Å². The zero-order valence-electron chi connectivity index (χ0n) is 17.9. The summed E-state index contributed by atoms with van der Waals surface area (Å²) in [7, 11) is 1.68. The zero-order valence-corrected chi connectivity index (χ0v) is 17.9. The largest absolute Gasteiger partial charge is 0.497 e. The molecule has 1 fully saturated rings. The highest BCUT2D eigenvalue weighted by Crippen LogP contribution is 2.51. The maximum Gasteiger partial charge on any atom is 0.231 e. The third kappa shape index (κ3) is 3.56. The first-order valence-electron chi connectivity index (χ1n) is 10.8. The Balaban J connectivity index is 1.43. The minimum absolute atomic E-state index is 0.247. The van der Waals surface area contributed by atoms with Gasteiger partial charge in [-0.05, 0) is 71.3 Å². The maximum absolute atomic E-state index is 13.4. The minimum atomic E-state index is -0.388. The number of Topliss-reactive ketones (excluding diaryl/α,β-unsaturated/α-hetero) is 1. The van der Waals surface area contributed by atoms with E-state index in [0.717, 1.165) is 53.2 Å². The van der Waals surface area contributed by atoms with Crippen LogP contribution < -0.4 is 14.2 Å². The molecule has 0 radical (unpaired) electrons. The highest BCUT2D eigenvalue weighted by molar-refractivity contribution is 5.95. The van der Waals surface area contributed by atoms with Gasteiger partial charge in [0.25, 0.3) is 0 Å². The monoisotopic (exact) mass is 414 g/mol. The molecule has 0 unspecified atom stereocenters. The number of ether oxygens (including phenoxy) is 3. The second-order valence-electron chi connectivity index (χ2n) is 8.33. The molecule has 0 saturated heterocycles. The van der Waals surface area contributed by atoms with Crippen molar-refractivity contribution in [2.45, 2.75) is 38.0 Å². The lowest BCUT2D eigenvalue weighted by Crippen LogP contribution is -2.22. The first-order valence-corrected chi connectivity index (χ1v) is 10.8. The number of methoxy groups -OCH3 is 1. The number of rotatable bonds is 7. The molecule has 2 aliphatic rings. The van der Waals surface area contributed by atoms with Crippen molar-refractivity contribution < 1.29 is 19.0 Å². The fourth-order valence-electron chi connectivity index (χ4n) is 4.50. The van der Waals surface area contributed by atoms with Crippen molar-refractivity contribution in [3.05, 3.63) is 77.4 Å². The Labute approximate surface area is 182 Å². The molecule has 0 bridgehead atoms. The zero-order chi connectivity index (χ0) is 21.4. The van der Waals surface area contributed by atoms with Gasteiger partial charge in [0.05, 0.1) is 12.5 Å². The van der Waals surface area contributed by atoms with Crippen LogP contribution in [0.1, 0.15) is 36.5 Å². The Morgan fingerprint density at radius 1 is 1.00 bits per heavy atom. The number of ketones is 1. The highest BCUT2D eigenvalue weighted by Gasteiger charge is 2.50. The summed E-state index contributed by atoms with van der Waals surface area (Å²) < 4.78 is 16.4. The van der Waals surface area contributed by atoms with Crippen LogP contribution in [0.2, 0.25) is 0 Å². The molecule has 158 valence electrons. The summed E-state index contributed by atoms with van der Waals surface area (Å²) in [6.45, 7) is 2.40. The van der Waals surface area contributed by atoms with Crippen LogP contribution in [-0.4, -0.2) is 19.7 Å². The van der Waals surface area contributed by atoms with Crippen LogP contribution in [0.5, 0.6) is 17.2 Å². The normalized spacial score (nSPS) is 15.5. The van der Waals surface area contributed by atoms with Crippen LogP contribution in [0.25, 0.3) is 11.1 Å². The summed E-state index contributed by atoms with van der Waals surface area (Å²) in [6.07, 6.45) is 3.14. The molecule has 1 aliphatic carbocycles. The molecule has 31 heavy (non-hydrogen) atoms. The number of carbonyl (C=O) groups is 1. The number of fused-ring (bicyclic) bond motifs is 1. The van der Waals surface area contributed by atoms with Gasteiger partial charge in [-0.15, -0.1) is 0 Å². The van der Waals surface area contributed by atoms with Gasteiger partial charge in [-0.3, -0.25) is 4.79 Å². The van der Waals surface area contributed by atoms with Crippen molar-refractivity contribution >= 4 is 5.78 Å². The van der Waals surface area contributed by atoms with Gasteiger partial charge in [-0.25, -0.2) is 0 Å². The third-order valence-electron chi connectivity index (χ3n) is 6.51. The average molecular weight is 415 g/mol. The van der Waals surface area contributed by atoms with Crippen molar-refractivity contribution in [3.8, 4) is 28.4 Å². The molecule has 0 atom stereocenters. The van der Waals surface area contributed by atoms with E-state index in [1.54, 1.807) is 7.11 Å². The first kappa shape index (κ1) is 19.7. The van der Waals surface area contributed by atoms with Crippen molar-refractivity contribution in [2.75, 3.05) is 13.9 Å². The average Bonchev–Trinajstić information content (AvgIpc) is 3.50. The Hall–Kier alpha value is -3.27. The van der Waals surface area contributed by atoms with E-state index in [0.29, 0.717) is 6.42 Å². The van der Waals surface area contributed by atoms with Crippen LogP contribution in [0.15, 0.2) is 60.7 Å². The predicted molar refractivity (Wildman–Crippen MR) is 120 cm³/mol. The van der Waals surface area contributed by atoms with E-state index < -0.39 is 0 Å². The molecule has 0 amide bonds. The van der Waals surface area contributed by atoms with E-state index in [1.165, 1.54) is 11.1 Å². The summed E-state index contributed by atoms with van der Waals surface area (Å²) in [4.78, 5) is 13.4. The van der Waals surface area contributed by atoms with E-state index in [4.69, 9.17) is 14.2 Å². The lowest BCUT2D eigenvalue weighted by atomic mass is 9.86. The molecule has 0 N–H and O–H groups in total. The van der Waals surface area contributed by atoms with Crippen LogP contribution in [0.3, 0.4) is 0 Å². The molecular formula is C27H26O4. The standard InChI is InChI=1S/C27H26O4/c1-3-19-8-7-18(13-23(19)20-5-4-6-22(15-20)29-2)14-26(28)27(11-12-27)21-9-10-24-25(16-21)31-17-30-24/h4-10,13,15-16H,3,11-12,14,17H2,1-2H3. The van der Waals surface area contributed by atoms with E-state index in [2.05, 4.69) is 37.3 Å². The highest BCUT2D eigenvalue weighted by atomic mass is 16.7. The van der Waals surface area contributed by atoms with E-state index in [-0.39, 0.29) is 18.0 Å². The molecular weight excluding hydrogens is 388 g/mol. The summed E-state index contributed by atoms with van der Waals surface area (Å²) in [6, 6.07) is 20.4. The van der Waals surface area contributed by atoms with Crippen LogP contribution in [0, 0.1) is 0 Å². The minimum Gasteiger partial charge on any atom is -0.497 e. The number of carbonyl (C=O) groups excluding carboxylic acids is 1. The summed E-state index contributed by atoms with van der Waals surface area (Å²) >= 11 is 0. The fraction of sp³-hybridized carbons (Fsp3) is 0.296. The van der Waals surface area contributed by atoms with Crippen LogP contribution >= 0.6 is 0 Å². The van der Waals surface area contributed by atoms with Gasteiger partial charge in [-0.2, -0.15) is 0 Å². The van der Waals surface area contributed by atoms with Gasteiger partial charge in [0, 0.05) is 6.42 Å². The number of hydrogen-bond donors (Lipinski definition) is 0. The Morgan fingerprint density at radius 3 is 2.61 bits per heavy atom. The summed E-state index contributed by atoms with van der Waals surface area (Å²) in [5.41, 5.74) is 5.25. The molecule has 1 saturated carbocycles. The molecule has 1 heterocycles.